The second kappa shape index (κ2) is 3.50. The average molecular weight is 204 g/mol. The highest BCUT2D eigenvalue weighted by Gasteiger charge is 2.50. The maximum atomic E-state index is 11.2. The Morgan fingerprint density at radius 3 is 2.08 bits per heavy atom. The van der Waals surface area contributed by atoms with Crippen molar-refractivity contribution in [3.05, 3.63) is 0 Å². The van der Waals surface area contributed by atoms with Crippen LogP contribution in [0.15, 0.2) is 0 Å². The van der Waals surface area contributed by atoms with Gasteiger partial charge in [0.1, 0.15) is 0 Å². The van der Waals surface area contributed by atoms with Crippen molar-refractivity contribution in [2.24, 2.45) is 5.41 Å². The van der Waals surface area contributed by atoms with Crippen molar-refractivity contribution in [1.82, 2.24) is 0 Å². The molecule has 2 N–H and O–H groups in total. The maximum Gasteiger partial charge on any atom is 0.312 e. The lowest BCUT2D eigenvalue weighted by molar-refractivity contribution is -0.166. The number of hydrogen-bond donors (Lipinski definition) is 2. The zero-order valence-corrected chi connectivity index (χ0v) is 8.86. The summed E-state index contributed by atoms with van der Waals surface area (Å²) in [5.74, 6) is 0.798. The fourth-order valence-corrected chi connectivity index (χ4v) is 3.00. The molecular weight excluding hydrogens is 188 g/mol. The number of thioether (sulfide) groups is 1. The van der Waals surface area contributed by atoms with Crippen LogP contribution in [-0.4, -0.2) is 33.3 Å². The van der Waals surface area contributed by atoms with E-state index in [1.54, 1.807) is 25.6 Å². The van der Waals surface area contributed by atoms with Gasteiger partial charge in [-0.05, 0) is 38.2 Å². The topological polar surface area (TPSA) is 57.5 Å². The summed E-state index contributed by atoms with van der Waals surface area (Å²) in [7, 11) is 0. The van der Waals surface area contributed by atoms with Gasteiger partial charge in [0.25, 0.3) is 0 Å². The molecule has 0 unspecified atom stereocenters. The minimum atomic E-state index is -1.13. The molecule has 0 bridgehead atoms. The summed E-state index contributed by atoms with van der Waals surface area (Å²) in [4.78, 5) is 11.2. The summed E-state index contributed by atoms with van der Waals surface area (Å²) in [6.07, 6.45) is 1.13. The van der Waals surface area contributed by atoms with Crippen LogP contribution in [0.2, 0.25) is 0 Å². The van der Waals surface area contributed by atoms with Crippen LogP contribution in [0, 0.1) is 5.41 Å². The molecule has 1 fully saturated rings. The third-order valence-corrected chi connectivity index (χ3v) is 3.91. The lowest BCUT2D eigenvalue weighted by Crippen LogP contribution is -2.51. The van der Waals surface area contributed by atoms with Gasteiger partial charge in [-0.1, -0.05) is 0 Å². The summed E-state index contributed by atoms with van der Waals surface area (Å²) >= 11 is 1.76. The zero-order valence-electron chi connectivity index (χ0n) is 8.04. The monoisotopic (exact) mass is 204 g/mol. The molecule has 0 radical (unpaired) electrons. The van der Waals surface area contributed by atoms with Gasteiger partial charge in [-0.3, -0.25) is 4.79 Å². The molecule has 0 amide bonds. The van der Waals surface area contributed by atoms with Gasteiger partial charge < -0.3 is 10.2 Å². The van der Waals surface area contributed by atoms with E-state index in [1.807, 2.05) is 0 Å². The maximum absolute atomic E-state index is 11.2. The van der Waals surface area contributed by atoms with Crippen molar-refractivity contribution in [2.45, 2.75) is 32.3 Å². The van der Waals surface area contributed by atoms with Crippen LogP contribution in [0.3, 0.4) is 0 Å². The molecule has 1 aliphatic rings. The van der Waals surface area contributed by atoms with Crippen molar-refractivity contribution >= 4 is 17.7 Å². The molecule has 0 aromatic heterocycles. The van der Waals surface area contributed by atoms with E-state index in [1.165, 1.54) is 0 Å². The van der Waals surface area contributed by atoms with Gasteiger partial charge in [0, 0.05) is 0 Å². The Morgan fingerprint density at radius 2 is 1.85 bits per heavy atom. The highest BCUT2D eigenvalue weighted by Crippen LogP contribution is 2.43. The van der Waals surface area contributed by atoms with E-state index in [9.17, 15) is 9.90 Å². The summed E-state index contributed by atoms with van der Waals surface area (Å²) in [5.41, 5.74) is -2.06. The molecule has 0 spiro atoms. The molecule has 1 saturated heterocycles. The van der Waals surface area contributed by atoms with Crippen molar-refractivity contribution in [3.63, 3.8) is 0 Å². The van der Waals surface area contributed by atoms with Gasteiger partial charge in [-0.2, -0.15) is 11.8 Å². The van der Waals surface area contributed by atoms with E-state index in [-0.39, 0.29) is 0 Å². The molecule has 1 heterocycles. The number of aliphatic carboxylic acids is 1. The summed E-state index contributed by atoms with van der Waals surface area (Å²) in [6.45, 7) is 3.19. The van der Waals surface area contributed by atoms with Crippen LogP contribution in [-0.2, 0) is 4.79 Å². The third kappa shape index (κ3) is 1.83. The van der Waals surface area contributed by atoms with Crippen LogP contribution in [0.25, 0.3) is 0 Å². The fourth-order valence-electron chi connectivity index (χ4n) is 1.81. The minimum Gasteiger partial charge on any atom is -0.481 e. The average Bonchev–Trinajstić information content (AvgIpc) is 2.03. The Kier molecular flexibility index (Phi) is 2.92. The summed E-state index contributed by atoms with van der Waals surface area (Å²) in [5, 5.41) is 19.0. The number of carbonyl (C=O) groups is 1. The SMILES string of the molecule is CC(C)(O)C1(C(=O)O)CCSCC1. The number of aliphatic hydroxyl groups is 1. The molecule has 0 atom stereocenters. The lowest BCUT2D eigenvalue weighted by Gasteiger charge is -2.42. The van der Waals surface area contributed by atoms with E-state index in [2.05, 4.69) is 0 Å². The number of carboxylic acid groups (broad SMARTS) is 1. The molecule has 3 nitrogen and oxygen atoms in total. The number of hydrogen-bond acceptors (Lipinski definition) is 3. The fraction of sp³-hybridized carbons (Fsp3) is 0.889. The van der Waals surface area contributed by atoms with Crippen LogP contribution < -0.4 is 0 Å². The highest BCUT2D eigenvalue weighted by molar-refractivity contribution is 7.99. The molecule has 76 valence electrons. The minimum absolute atomic E-state index is 0.566. The van der Waals surface area contributed by atoms with Crippen LogP contribution in [0.1, 0.15) is 26.7 Å². The van der Waals surface area contributed by atoms with Crippen molar-refractivity contribution in [3.8, 4) is 0 Å². The lowest BCUT2D eigenvalue weighted by atomic mass is 9.69. The summed E-state index contributed by atoms with van der Waals surface area (Å²) in [6, 6.07) is 0. The van der Waals surface area contributed by atoms with Gasteiger partial charge in [0.15, 0.2) is 0 Å². The molecule has 1 rings (SSSR count). The zero-order chi connectivity index (χ0) is 10.1. The van der Waals surface area contributed by atoms with Crippen molar-refractivity contribution in [1.29, 1.82) is 0 Å². The standard InChI is InChI=1S/C9H16O3S/c1-8(2,12)9(7(10)11)3-5-13-6-4-9/h12H,3-6H2,1-2H3,(H,10,11). The quantitative estimate of drug-likeness (QED) is 0.713. The van der Waals surface area contributed by atoms with Gasteiger partial charge in [0.2, 0.25) is 0 Å². The van der Waals surface area contributed by atoms with Gasteiger partial charge in [-0.25, -0.2) is 0 Å². The molecular formula is C9H16O3S. The van der Waals surface area contributed by atoms with Crippen LogP contribution in [0.4, 0.5) is 0 Å². The second-order valence-corrected chi connectivity index (χ2v) is 5.28. The Morgan fingerprint density at radius 1 is 1.38 bits per heavy atom. The first-order valence-corrected chi connectivity index (χ1v) is 5.59. The molecule has 4 heteroatoms. The van der Waals surface area contributed by atoms with Crippen molar-refractivity contribution < 1.29 is 15.0 Å². The van der Waals surface area contributed by atoms with Gasteiger partial charge in [-0.15, -0.1) is 0 Å². The molecule has 1 aliphatic heterocycles. The van der Waals surface area contributed by atoms with Crippen LogP contribution in [0.5, 0.6) is 0 Å². The first kappa shape index (κ1) is 10.9. The first-order valence-electron chi connectivity index (χ1n) is 4.44. The molecule has 13 heavy (non-hydrogen) atoms. The van der Waals surface area contributed by atoms with Crippen molar-refractivity contribution in [2.75, 3.05) is 11.5 Å². The largest absolute Gasteiger partial charge is 0.481 e. The predicted molar refractivity (Wildman–Crippen MR) is 52.9 cm³/mol. The third-order valence-electron chi connectivity index (χ3n) is 2.93. The van der Waals surface area contributed by atoms with E-state index < -0.39 is 17.0 Å². The molecule has 0 aliphatic carbocycles. The van der Waals surface area contributed by atoms with Crippen LogP contribution >= 0.6 is 11.8 Å². The first-order chi connectivity index (χ1) is 5.90. The Balaban J connectivity index is 2.93. The highest BCUT2D eigenvalue weighted by atomic mass is 32.2. The number of rotatable bonds is 2. The Hall–Kier alpha value is -0.220. The van der Waals surface area contributed by atoms with E-state index in [0.29, 0.717) is 12.8 Å². The predicted octanol–water partition coefficient (Wildman–Crippen LogP) is 1.36. The molecule has 0 aromatic carbocycles. The van der Waals surface area contributed by atoms with E-state index in [0.717, 1.165) is 11.5 Å². The number of carboxylic acids is 1. The van der Waals surface area contributed by atoms with Gasteiger partial charge >= 0.3 is 5.97 Å². The Bertz CT molecular complexity index is 201. The smallest absolute Gasteiger partial charge is 0.312 e. The normalized spacial score (nSPS) is 22.7. The Labute approximate surface area is 82.5 Å². The van der Waals surface area contributed by atoms with Gasteiger partial charge in [0.05, 0.1) is 11.0 Å². The van der Waals surface area contributed by atoms with E-state index in [4.69, 9.17) is 5.11 Å². The molecule has 0 aromatic rings. The van der Waals surface area contributed by atoms with E-state index >= 15 is 0 Å². The summed E-state index contributed by atoms with van der Waals surface area (Å²) < 4.78 is 0. The molecule has 0 saturated carbocycles. The second-order valence-electron chi connectivity index (χ2n) is 4.06.